The van der Waals surface area contributed by atoms with Crippen molar-refractivity contribution < 1.29 is 0 Å². The molecule has 0 fully saturated rings. The number of hydrogen-bond acceptors (Lipinski definition) is 3. The van der Waals surface area contributed by atoms with Crippen LogP contribution in [0, 0.1) is 0 Å². The van der Waals surface area contributed by atoms with E-state index in [0.717, 1.165) is 37.2 Å². The van der Waals surface area contributed by atoms with Crippen LogP contribution in [0.2, 0.25) is 0 Å². The summed E-state index contributed by atoms with van der Waals surface area (Å²) in [5.41, 5.74) is 1.99. The van der Waals surface area contributed by atoms with Gasteiger partial charge in [-0.1, -0.05) is 31.2 Å². The monoisotopic (exact) mass is 270 g/mol. The molecule has 0 aliphatic rings. The Bertz CT molecular complexity index is 518. The summed E-state index contributed by atoms with van der Waals surface area (Å²) in [5, 5.41) is 12.4. The smallest absolute Gasteiger partial charge is 0.100 e. The Kier molecular flexibility index (Phi) is 5.50. The average molecular weight is 270 g/mol. The number of hydrogen-bond donors (Lipinski definition) is 1. The van der Waals surface area contributed by atoms with Crippen molar-refractivity contribution in [1.29, 1.82) is 0 Å². The summed E-state index contributed by atoms with van der Waals surface area (Å²) in [7, 11) is 0. The molecular formula is C16H22N4. The SMILES string of the molecule is C=CCCCC(NCC)c1cnn(-c2ccccc2)n1. The second-order valence-electron chi connectivity index (χ2n) is 4.72. The summed E-state index contributed by atoms with van der Waals surface area (Å²) in [4.78, 5) is 1.69. The molecule has 1 aromatic heterocycles. The average Bonchev–Trinajstić information content (AvgIpc) is 2.97. The highest BCUT2D eigenvalue weighted by molar-refractivity contribution is 5.28. The van der Waals surface area contributed by atoms with Crippen molar-refractivity contribution in [1.82, 2.24) is 20.3 Å². The Hall–Kier alpha value is -1.94. The molecule has 1 unspecified atom stereocenters. The standard InChI is InChI=1S/C16H22N4/c1-3-5-7-12-15(17-4-2)16-13-18-20(19-16)14-10-8-6-9-11-14/h3,6,8-11,13,15,17H,1,4-5,7,12H2,2H3. The van der Waals surface area contributed by atoms with E-state index in [-0.39, 0.29) is 6.04 Å². The molecule has 0 aliphatic heterocycles. The topological polar surface area (TPSA) is 42.7 Å². The summed E-state index contributed by atoms with van der Waals surface area (Å²) in [6.07, 6.45) is 7.01. The lowest BCUT2D eigenvalue weighted by atomic mass is 10.1. The Morgan fingerprint density at radius 3 is 2.85 bits per heavy atom. The van der Waals surface area contributed by atoms with Gasteiger partial charge in [0.15, 0.2) is 0 Å². The van der Waals surface area contributed by atoms with Gasteiger partial charge >= 0.3 is 0 Å². The van der Waals surface area contributed by atoms with E-state index in [0.29, 0.717) is 0 Å². The highest BCUT2D eigenvalue weighted by atomic mass is 15.5. The van der Waals surface area contributed by atoms with Crippen LogP contribution < -0.4 is 5.32 Å². The van der Waals surface area contributed by atoms with Crippen molar-refractivity contribution in [2.45, 2.75) is 32.2 Å². The van der Waals surface area contributed by atoms with Crippen LogP contribution in [0.3, 0.4) is 0 Å². The molecule has 2 rings (SSSR count). The predicted molar refractivity (Wildman–Crippen MR) is 81.8 cm³/mol. The number of benzene rings is 1. The van der Waals surface area contributed by atoms with Gasteiger partial charge in [-0.25, -0.2) is 0 Å². The number of nitrogens with one attached hydrogen (secondary N) is 1. The van der Waals surface area contributed by atoms with Crippen molar-refractivity contribution in [3.63, 3.8) is 0 Å². The van der Waals surface area contributed by atoms with Crippen LogP contribution in [0.5, 0.6) is 0 Å². The molecule has 0 amide bonds. The first-order chi connectivity index (χ1) is 9.85. The second-order valence-corrected chi connectivity index (χ2v) is 4.72. The van der Waals surface area contributed by atoms with Crippen LogP contribution in [-0.4, -0.2) is 21.5 Å². The molecule has 1 aromatic carbocycles. The molecule has 0 saturated heterocycles. The normalized spacial score (nSPS) is 12.2. The van der Waals surface area contributed by atoms with Gasteiger partial charge in [-0.2, -0.15) is 15.0 Å². The molecule has 0 saturated carbocycles. The van der Waals surface area contributed by atoms with Crippen LogP contribution in [0.4, 0.5) is 0 Å². The molecule has 0 spiro atoms. The lowest BCUT2D eigenvalue weighted by Crippen LogP contribution is -2.21. The number of unbranched alkanes of at least 4 members (excludes halogenated alkanes) is 1. The largest absolute Gasteiger partial charge is 0.309 e. The minimum absolute atomic E-state index is 0.261. The first-order valence-corrected chi connectivity index (χ1v) is 7.17. The van der Waals surface area contributed by atoms with Crippen molar-refractivity contribution in [3.05, 3.63) is 54.9 Å². The van der Waals surface area contributed by atoms with Crippen LogP contribution >= 0.6 is 0 Å². The number of rotatable bonds is 8. The third-order valence-electron chi connectivity index (χ3n) is 3.21. The molecule has 2 aromatic rings. The first kappa shape index (κ1) is 14.5. The lowest BCUT2D eigenvalue weighted by Gasteiger charge is -2.14. The third-order valence-corrected chi connectivity index (χ3v) is 3.21. The summed E-state index contributed by atoms with van der Waals surface area (Å²) in [5.74, 6) is 0. The highest BCUT2D eigenvalue weighted by Crippen LogP contribution is 2.17. The van der Waals surface area contributed by atoms with Gasteiger partial charge in [0.2, 0.25) is 0 Å². The maximum atomic E-state index is 4.60. The van der Waals surface area contributed by atoms with Crippen LogP contribution in [-0.2, 0) is 0 Å². The quantitative estimate of drug-likeness (QED) is 0.591. The van der Waals surface area contributed by atoms with Gasteiger partial charge in [0.25, 0.3) is 0 Å². The molecule has 4 heteroatoms. The maximum Gasteiger partial charge on any atom is 0.100 e. The minimum atomic E-state index is 0.261. The van der Waals surface area contributed by atoms with Gasteiger partial charge in [-0.3, -0.25) is 0 Å². The van der Waals surface area contributed by atoms with E-state index >= 15 is 0 Å². The van der Waals surface area contributed by atoms with E-state index in [9.17, 15) is 0 Å². The molecule has 1 heterocycles. The Balaban J connectivity index is 2.10. The van der Waals surface area contributed by atoms with Gasteiger partial charge < -0.3 is 5.32 Å². The zero-order valence-corrected chi connectivity index (χ0v) is 12.0. The summed E-state index contributed by atoms with van der Waals surface area (Å²) >= 11 is 0. The Morgan fingerprint density at radius 2 is 2.15 bits per heavy atom. The molecule has 1 N–H and O–H groups in total. The molecule has 0 aliphatic carbocycles. The van der Waals surface area contributed by atoms with E-state index < -0.39 is 0 Å². The highest BCUT2D eigenvalue weighted by Gasteiger charge is 2.14. The van der Waals surface area contributed by atoms with Crippen LogP contribution in [0.1, 0.15) is 37.9 Å². The van der Waals surface area contributed by atoms with Gasteiger partial charge in [-0.05, 0) is 37.9 Å². The molecule has 0 radical (unpaired) electrons. The molecule has 106 valence electrons. The Morgan fingerprint density at radius 1 is 1.35 bits per heavy atom. The van der Waals surface area contributed by atoms with Gasteiger partial charge in [0.1, 0.15) is 5.69 Å². The third kappa shape index (κ3) is 3.78. The predicted octanol–water partition coefficient (Wildman–Crippen LogP) is 3.27. The van der Waals surface area contributed by atoms with Gasteiger partial charge in [-0.15, -0.1) is 6.58 Å². The fourth-order valence-corrected chi connectivity index (χ4v) is 2.19. The molecule has 1 atom stereocenters. The van der Waals surface area contributed by atoms with Crippen molar-refractivity contribution in [2.75, 3.05) is 6.54 Å². The number of nitrogens with zero attached hydrogens (tertiary/aromatic N) is 3. The Labute approximate surface area is 120 Å². The van der Waals surface area contributed by atoms with Gasteiger partial charge in [0.05, 0.1) is 17.9 Å². The second kappa shape index (κ2) is 7.60. The van der Waals surface area contributed by atoms with E-state index in [1.165, 1.54) is 0 Å². The minimum Gasteiger partial charge on any atom is -0.309 e. The van der Waals surface area contributed by atoms with Crippen LogP contribution in [0.25, 0.3) is 5.69 Å². The van der Waals surface area contributed by atoms with Crippen molar-refractivity contribution in [3.8, 4) is 5.69 Å². The van der Waals surface area contributed by atoms with Gasteiger partial charge in [0, 0.05) is 0 Å². The maximum absolute atomic E-state index is 4.60. The molecule has 4 nitrogen and oxygen atoms in total. The first-order valence-electron chi connectivity index (χ1n) is 7.17. The zero-order valence-electron chi connectivity index (χ0n) is 12.0. The van der Waals surface area contributed by atoms with E-state index in [1.807, 2.05) is 42.6 Å². The van der Waals surface area contributed by atoms with E-state index in [2.05, 4.69) is 29.0 Å². The molecular weight excluding hydrogens is 248 g/mol. The van der Waals surface area contributed by atoms with E-state index in [4.69, 9.17) is 0 Å². The number of aromatic nitrogens is 3. The van der Waals surface area contributed by atoms with Crippen molar-refractivity contribution >= 4 is 0 Å². The van der Waals surface area contributed by atoms with E-state index in [1.54, 1.807) is 4.80 Å². The molecule has 20 heavy (non-hydrogen) atoms. The number of allylic oxidation sites excluding steroid dienone is 1. The van der Waals surface area contributed by atoms with Crippen LogP contribution in [0.15, 0.2) is 49.2 Å². The zero-order chi connectivity index (χ0) is 14.2. The summed E-state index contributed by atoms with van der Waals surface area (Å²) in [6, 6.07) is 10.2. The summed E-state index contributed by atoms with van der Waals surface area (Å²) < 4.78 is 0. The lowest BCUT2D eigenvalue weighted by molar-refractivity contribution is 0.486. The fourth-order valence-electron chi connectivity index (χ4n) is 2.19. The molecule has 0 bridgehead atoms. The fraction of sp³-hybridized carbons (Fsp3) is 0.375. The summed E-state index contributed by atoms with van der Waals surface area (Å²) in [6.45, 7) is 6.81. The van der Waals surface area contributed by atoms with Crippen molar-refractivity contribution in [2.24, 2.45) is 0 Å². The number of para-hydroxylation sites is 1.